The number of hydrogen-bond donors (Lipinski definition) is 4. The molecule has 1 rings (SSSR count). The zero-order chi connectivity index (χ0) is 23.2. The third-order valence-corrected chi connectivity index (χ3v) is 5.40. The Hall–Kier alpha value is -1.09. The van der Waals surface area contributed by atoms with E-state index in [4.69, 9.17) is 15.2 Å². The average Bonchev–Trinajstić information content (AvgIpc) is 2.74. The number of hydrogen-bond acceptors (Lipinski definition) is 6. The van der Waals surface area contributed by atoms with Crippen LogP contribution in [0, 0.1) is 11.8 Å². The van der Waals surface area contributed by atoms with Gasteiger partial charge in [0, 0.05) is 38.9 Å². The molecule has 0 radical (unpaired) electrons. The highest BCUT2D eigenvalue weighted by Crippen LogP contribution is 2.20. The van der Waals surface area contributed by atoms with Gasteiger partial charge in [-0.1, -0.05) is 39.8 Å². The number of aliphatic hydroxyl groups is 1. The van der Waals surface area contributed by atoms with Crippen molar-refractivity contribution in [1.82, 2.24) is 10.6 Å². The van der Waals surface area contributed by atoms with Crippen LogP contribution in [-0.4, -0.2) is 62.6 Å². The Morgan fingerprint density at radius 3 is 2.30 bits per heavy atom. The molecule has 0 aliphatic heterocycles. The van der Waals surface area contributed by atoms with Crippen LogP contribution in [0.25, 0.3) is 0 Å². The quantitative estimate of drug-likeness (QED) is 0.254. The number of nitrogens with two attached hydrogens (primary N) is 1. The van der Waals surface area contributed by atoms with Crippen molar-refractivity contribution in [2.45, 2.75) is 65.1 Å². The third kappa shape index (κ3) is 14.0. The number of ether oxygens (including phenoxy) is 2. The Bertz CT molecular complexity index is 635. The highest BCUT2D eigenvalue weighted by Gasteiger charge is 2.23. The Labute approximate surface area is 212 Å². The maximum Gasteiger partial charge on any atom is 0.255 e. The number of amides is 1. The Balaban J connectivity index is 0. The van der Waals surface area contributed by atoms with Crippen LogP contribution < -0.4 is 21.1 Å². The molecule has 0 saturated carbocycles. The van der Waals surface area contributed by atoms with Crippen LogP contribution in [0.4, 0.5) is 0 Å². The number of aliphatic hydroxyl groups excluding tert-OH is 1. The molecular formula is C24H45Cl2N3O4. The van der Waals surface area contributed by atoms with Gasteiger partial charge in [0.1, 0.15) is 5.75 Å². The molecule has 194 valence electrons. The van der Waals surface area contributed by atoms with Gasteiger partial charge in [-0.05, 0) is 43.2 Å². The summed E-state index contributed by atoms with van der Waals surface area (Å²) in [6.07, 6.45) is 1.80. The van der Waals surface area contributed by atoms with Crippen molar-refractivity contribution in [2.24, 2.45) is 17.6 Å². The fourth-order valence-corrected chi connectivity index (χ4v) is 3.24. The maximum absolute atomic E-state index is 12.8. The molecule has 0 aliphatic rings. The van der Waals surface area contributed by atoms with Crippen LogP contribution in [0.3, 0.4) is 0 Å². The first-order chi connectivity index (χ1) is 14.8. The lowest BCUT2D eigenvalue weighted by atomic mass is 9.87. The van der Waals surface area contributed by atoms with Gasteiger partial charge in [-0.3, -0.25) is 4.79 Å². The first-order valence-corrected chi connectivity index (χ1v) is 11.4. The number of rotatable bonds is 16. The zero-order valence-electron chi connectivity index (χ0n) is 20.7. The highest BCUT2D eigenvalue weighted by molar-refractivity contribution is 5.96. The molecule has 1 aromatic carbocycles. The summed E-state index contributed by atoms with van der Waals surface area (Å²) >= 11 is 0. The van der Waals surface area contributed by atoms with Crippen LogP contribution in [0.2, 0.25) is 0 Å². The second-order valence-electron chi connectivity index (χ2n) is 8.79. The van der Waals surface area contributed by atoms with Gasteiger partial charge in [-0.2, -0.15) is 0 Å². The van der Waals surface area contributed by atoms with E-state index in [1.807, 2.05) is 32.0 Å². The second kappa shape index (κ2) is 19.2. The predicted octanol–water partition coefficient (Wildman–Crippen LogP) is 3.41. The normalized spacial score (nSPS) is 13.6. The van der Waals surface area contributed by atoms with Crippen molar-refractivity contribution >= 4 is 30.7 Å². The minimum Gasteiger partial charge on any atom is -0.493 e. The number of halogens is 2. The van der Waals surface area contributed by atoms with Crippen LogP contribution in [-0.2, 0) is 4.74 Å². The number of benzene rings is 1. The number of para-hydroxylation sites is 1. The first kappa shape index (κ1) is 34.1. The lowest BCUT2D eigenvalue weighted by Crippen LogP contribution is -2.46. The van der Waals surface area contributed by atoms with Crippen LogP contribution in [0.5, 0.6) is 5.75 Å². The number of nitrogens with one attached hydrogen (secondary N) is 2. The topological polar surface area (TPSA) is 106 Å². The second-order valence-corrected chi connectivity index (χ2v) is 8.79. The minimum atomic E-state index is -0.619. The summed E-state index contributed by atoms with van der Waals surface area (Å²) in [7, 11) is 1.68. The van der Waals surface area contributed by atoms with Gasteiger partial charge in [0.2, 0.25) is 0 Å². The molecule has 1 amide bonds. The van der Waals surface area contributed by atoms with Crippen molar-refractivity contribution in [1.29, 1.82) is 0 Å². The third-order valence-electron chi connectivity index (χ3n) is 5.40. The molecule has 0 fully saturated rings. The van der Waals surface area contributed by atoms with Crippen molar-refractivity contribution in [2.75, 3.05) is 33.4 Å². The summed E-state index contributed by atoms with van der Waals surface area (Å²) in [4.78, 5) is 12.8. The zero-order valence-corrected chi connectivity index (χ0v) is 22.3. The lowest BCUT2D eigenvalue weighted by Gasteiger charge is -2.28. The molecule has 0 saturated heterocycles. The summed E-state index contributed by atoms with van der Waals surface area (Å²) in [6.45, 7) is 10.5. The van der Waals surface area contributed by atoms with Gasteiger partial charge in [0.25, 0.3) is 5.91 Å². The molecule has 3 atom stereocenters. The van der Waals surface area contributed by atoms with Crippen molar-refractivity contribution in [3.8, 4) is 5.75 Å². The van der Waals surface area contributed by atoms with Gasteiger partial charge >= 0.3 is 0 Å². The summed E-state index contributed by atoms with van der Waals surface area (Å²) in [5.41, 5.74) is 6.77. The predicted molar refractivity (Wildman–Crippen MR) is 140 cm³/mol. The summed E-state index contributed by atoms with van der Waals surface area (Å²) in [6, 6.07) is 7.24. The molecule has 0 heterocycles. The highest BCUT2D eigenvalue weighted by atomic mass is 35.5. The van der Waals surface area contributed by atoms with E-state index in [1.165, 1.54) is 0 Å². The molecule has 0 bridgehead atoms. The molecule has 7 nitrogen and oxygen atoms in total. The first-order valence-electron chi connectivity index (χ1n) is 11.4. The van der Waals surface area contributed by atoms with Gasteiger partial charge in [0.15, 0.2) is 0 Å². The van der Waals surface area contributed by atoms with Crippen LogP contribution in [0.15, 0.2) is 24.3 Å². The van der Waals surface area contributed by atoms with Gasteiger partial charge in [-0.15, -0.1) is 24.8 Å². The average molecular weight is 511 g/mol. The fraction of sp³-hybridized carbons (Fsp3) is 0.708. The maximum atomic E-state index is 12.8. The van der Waals surface area contributed by atoms with E-state index >= 15 is 0 Å². The lowest BCUT2D eigenvalue weighted by molar-refractivity contribution is 0.0926. The largest absolute Gasteiger partial charge is 0.493 e. The van der Waals surface area contributed by atoms with E-state index in [0.717, 1.165) is 12.8 Å². The number of carbonyl (C=O) groups is 1. The smallest absolute Gasteiger partial charge is 0.255 e. The molecule has 0 spiro atoms. The Morgan fingerprint density at radius 2 is 1.70 bits per heavy atom. The SMILES string of the molecule is COCCCCOc1ccccc1C(=O)NC[C@@H](C[C@H](N)[C@@H](O)CNC(C)C)C(C)C.Cl.Cl. The van der Waals surface area contributed by atoms with Gasteiger partial charge < -0.3 is 30.9 Å². The van der Waals surface area contributed by atoms with Gasteiger partial charge in [0.05, 0.1) is 18.3 Å². The van der Waals surface area contributed by atoms with Crippen LogP contribution in [0.1, 0.15) is 57.3 Å². The van der Waals surface area contributed by atoms with E-state index in [-0.39, 0.29) is 42.7 Å². The van der Waals surface area contributed by atoms with E-state index in [1.54, 1.807) is 13.2 Å². The fourth-order valence-electron chi connectivity index (χ4n) is 3.24. The monoisotopic (exact) mass is 509 g/mol. The molecule has 5 N–H and O–H groups in total. The van der Waals surface area contributed by atoms with Crippen LogP contribution >= 0.6 is 24.8 Å². The van der Waals surface area contributed by atoms with E-state index < -0.39 is 6.10 Å². The number of methoxy groups -OCH3 is 1. The minimum absolute atomic E-state index is 0. The van der Waals surface area contributed by atoms with E-state index in [2.05, 4.69) is 24.5 Å². The molecule has 9 heteroatoms. The summed E-state index contributed by atoms with van der Waals surface area (Å²) < 4.78 is 10.9. The number of unbranched alkanes of at least 4 members (excludes halogenated alkanes) is 1. The van der Waals surface area contributed by atoms with Crippen molar-refractivity contribution < 1.29 is 19.4 Å². The van der Waals surface area contributed by atoms with Crippen molar-refractivity contribution in [3.05, 3.63) is 29.8 Å². The molecule has 1 aromatic rings. The standard InChI is InChI=1S/C24H43N3O4.2ClH/c1-17(2)19(14-21(25)22(28)16-26-18(3)4)15-27-24(29)20-10-6-7-11-23(20)31-13-9-8-12-30-5;;/h6-7,10-11,17-19,21-22,26,28H,8-9,12-16,25H2,1-5H3,(H,27,29);2*1H/t19-,21+,22+;;/m1../s1. The summed E-state index contributed by atoms with van der Waals surface area (Å²) in [5, 5.41) is 16.6. The van der Waals surface area contributed by atoms with E-state index in [9.17, 15) is 9.90 Å². The Kier molecular flexibility index (Phi) is 19.9. The molecular weight excluding hydrogens is 465 g/mol. The summed E-state index contributed by atoms with van der Waals surface area (Å²) in [5.74, 6) is 0.915. The molecule has 0 unspecified atom stereocenters. The van der Waals surface area contributed by atoms with Gasteiger partial charge in [-0.25, -0.2) is 0 Å². The van der Waals surface area contributed by atoms with E-state index in [0.29, 0.717) is 56.0 Å². The Morgan fingerprint density at radius 1 is 1.06 bits per heavy atom. The van der Waals surface area contributed by atoms with Crippen molar-refractivity contribution in [3.63, 3.8) is 0 Å². The molecule has 33 heavy (non-hydrogen) atoms. The molecule has 0 aliphatic carbocycles. The number of carbonyl (C=O) groups excluding carboxylic acids is 1. The molecule has 0 aromatic heterocycles.